The van der Waals surface area contributed by atoms with Gasteiger partial charge in [-0.05, 0) is 32.8 Å². The normalized spacial score (nSPS) is 18.1. The minimum Gasteiger partial charge on any atom is -0.464 e. The SMILES string of the molecule is CCOC(=O)C1CCCN1C(=O)c1cnc(C)cc1Cl. The average molecular weight is 297 g/mol. The number of hydrogen-bond acceptors (Lipinski definition) is 4. The summed E-state index contributed by atoms with van der Waals surface area (Å²) < 4.78 is 5.01. The van der Waals surface area contributed by atoms with Crippen LogP contribution in [0.3, 0.4) is 0 Å². The van der Waals surface area contributed by atoms with Gasteiger partial charge in [-0.1, -0.05) is 11.6 Å². The van der Waals surface area contributed by atoms with Crippen LogP contribution in [0.25, 0.3) is 0 Å². The fraction of sp³-hybridized carbons (Fsp3) is 0.500. The molecule has 1 aliphatic rings. The fourth-order valence-corrected chi connectivity index (χ4v) is 2.62. The quantitative estimate of drug-likeness (QED) is 0.803. The second-order valence-electron chi connectivity index (χ2n) is 4.71. The van der Waals surface area contributed by atoms with Crippen LogP contribution in [0, 0.1) is 6.92 Å². The minimum atomic E-state index is -0.514. The number of carbonyl (C=O) groups excluding carboxylic acids is 2. The van der Waals surface area contributed by atoms with Gasteiger partial charge < -0.3 is 9.64 Å². The van der Waals surface area contributed by atoms with Gasteiger partial charge in [0.1, 0.15) is 6.04 Å². The van der Waals surface area contributed by atoms with Gasteiger partial charge in [0.05, 0.1) is 17.2 Å². The summed E-state index contributed by atoms with van der Waals surface area (Å²) in [7, 11) is 0. The molecule has 1 amide bonds. The Balaban J connectivity index is 2.21. The van der Waals surface area contributed by atoms with Gasteiger partial charge in [-0.25, -0.2) is 4.79 Å². The van der Waals surface area contributed by atoms with Crippen molar-refractivity contribution < 1.29 is 14.3 Å². The molecule has 1 aromatic rings. The van der Waals surface area contributed by atoms with E-state index in [2.05, 4.69) is 4.98 Å². The summed E-state index contributed by atoms with van der Waals surface area (Å²) in [5.74, 6) is -0.618. The largest absolute Gasteiger partial charge is 0.464 e. The predicted molar refractivity (Wildman–Crippen MR) is 74.7 cm³/mol. The summed E-state index contributed by atoms with van der Waals surface area (Å²) in [4.78, 5) is 30.0. The maximum absolute atomic E-state index is 12.5. The number of aromatic nitrogens is 1. The van der Waals surface area contributed by atoms with E-state index in [4.69, 9.17) is 16.3 Å². The molecule has 5 nitrogen and oxygen atoms in total. The van der Waals surface area contributed by atoms with Gasteiger partial charge in [-0.15, -0.1) is 0 Å². The molecule has 1 unspecified atom stereocenters. The standard InChI is InChI=1S/C14H17ClN2O3/c1-3-20-14(19)12-5-4-6-17(12)13(18)10-8-16-9(2)7-11(10)15/h7-8,12H,3-6H2,1-2H3. The number of ether oxygens (including phenoxy) is 1. The highest BCUT2D eigenvalue weighted by molar-refractivity contribution is 6.33. The molecule has 0 radical (unpaired) electrons. The number of esters is 1. The minimum absolute atomic E-state index is 0.266. The van der Waals surface area contributed by atoms with Crippen LogP contribution >= 0.6 is 11.6 Å². The zero-order valence-electron chi connectivity index (χ0n) is 11.6. The van der Waals surface area contributed by atoms with Crippen LogP contribution in [-0.4, -0.2) is 41.0 Å². The van der Waals surface area contributed by atoms with Crippen molar-refractivity contribution in [2.45, 2.75) is 32.7 Å². The van der Waals surface area contributed by atoms with Crippen molar-refractivity contribution in [1.29, 1.82) is 0 Å². The van der Waals surface area contributed by atoms with E-state index in [9.17, 15) is 9.59 Å². The third-order valence-corrected chi connectivity index (χ3v) is 3.61. The van der Waals surface area contributed by atoms with E-state index in [1.54, 1.807) is 19.9 Å². The Kier molecular flexibility index (Phi) is 4.60. The van der Waals surface area contributed by atoms with Gasteiger partial charge in [0.2, 0.25) is 0 Å². The first kappa shape index (κ1) is 14.8. The van der Waals surface area contributed by atoms with Crippen molar-refractivity contribution >= 4 is 23.5 Å². The number of likely N-dealkylation sites (tertiary alicyclic amines) is 1. The summed E-state index contributed by atoms with van der Waals surface area (Å²) in [6.07, 6.45) is 2.87. The topological polar surface area (TPSA) is 59.5 Å². The Morgan fingerprint density at radius 3 is 2.95 bits per heavy atom. The van der Waals surface area contributed by atoms with E-state index in [0.29, 0.717) is 30.2 Å². The lowest BCUT2D eigenvalue weighted by molar-refractivity contribution is -0.147. The second-order valence-corrected chi connectivity index (χ2v) is 5.12. The van der Waals surface area contributed by atoms with E-state index in [0.717, 1.165) is 12.1 Å². The van der Waals surface area contributed by atoms with E-state index < -0.39 is 6.04 Å². The number of pyridine rings is 1. The number of nitrogens with zero attached hydrogens (tertiary/aromatic N) is 2. The zero-order valence-corrected chi connectivity index (χ0v) is 12.3. The molecule has 1 saturated heterocycles. The van der Waals surface area contributed by atoms with Crippen LogP contribution in [0.4, 0.5) is 0 Å². The number of aryl methyl sites for hydroxylation is 1. The molecule has 108 valence electrons. The summed E-state index contributed by atoms with van der Waals surface area (Å²) in [6.45, 7) is 4.40. The lowest BCUT2D eigenvalue weighted by Gasteiger charge is -2.23. The van der Waals surface area contributed by atoms with E-state index in [-0.39, 0.29) is 11.9 Å². The van der Waals surface area contributed by atoms with Gasteiger partial charge in [-0.3, -0.25) is 9.78 Å². The summed E-state index contributed by atoms with van der Waals surface area (Å²) in [5.41, 5.74) is 1.07. The molecular formula is C14H17ClN2O3. The molecule has 1 aliphatic heterocycles. The lowest BCUT2D eigenvalue weighted by Crippen LogP contribution is -2.41. The monoisotopic (exact) mass is 296 g/mol. The molecule has 1 aromatic heterocycles. The van der Waals surface area contributed by atoms with Gasteiger partial charge in [0.15, 0.2) is 0 Å². The van der Waals surface area contributed by atoms with Crippen molar-refractivity contribution in [2.75, 3.05) is 13.2 Å². The Hall–Kier alpha value is -1.62. The molecule has 2 rings (SSSR count). The van der Waals surface area contributed by atoms with Crippen LogP contribution in [0.15, 0.2) is 12.3 Å². The number of hydrogen-bond donors (Lipinski definition) is 0. The lowest BCUT2D eigenvalue weighted by atomic mass is 10.2. The smallest absolute Gasteiger partial charge is 0.328 e. The molecule has 20 heavy (non-hydrogen) atoms. The predicted octanol–water partition coefficient (Wildman–Crippen LogP) is 2.21. The highest BCUT2D eigenvalue weighted by atomic mass is 35.5. The van der Waals surface area contributed by atoms with Gasteiger partial charge in [0.25, 0.3) is 5.91 Å². The summed E-state index contributed by atoms with van der Waals surface area (Å²) in [6, 6.07) is 1.13. The van der Waals surface area contributed by atoms with E-state index in [1.807, 2.05) is 0 Å². The maximum atomic E-state index is 12.5. The first-order valence-electron chi connectivity index (χ1n) is 6.64. The van der Waals surface area contributed by atoms with E-state index in [1.165, 1.54) is 11.1 Å². The molecular weight excluding hydrogens is 280 g/mol. The van der Waals surface area contributed by atoms with Crippen LogP contribution < -0.4 is 0 Å². The maximum Gasteiger partial charge on any atom is 0.328 e. The van der Waals surface area contributed by atoms with Crippen molar-refractivity contribution in [3.05, 3.63) is 28.5 Å². The van der Waals surface area contributed by atoms with Crippen LogP contribution in [-0.2, 0) is 9.53 Å². The highest BCUT2D eigenvalue weighted by Gasteiger charge is 2.36. The van der Waals surface area contributed by atoms with Crippen LogP contribution in [0.2, 0.25) is 5.02 Å². The van der Waals surface area contributed by atoms with Crippen molar-refractivity contribution in [2.24, 2.45) is 0 Å². The molecule has 1 atom stereocenters. The van der Waals surface area contributed by atoms with Gasteiger partial charge in [-0.2, -0.15) is 0 Å². The Bertz CT molecular complexity index is 533. The number of rotatable bonds is 3. The molecule has 6 heteroatoms. The van der Waals surface area contributed by atoms with E-state index >= 15 is 0 Å². The van der Waals surface area contributed by atoms with Crippen molar-refractivity contribution in [1.82, 2.24) is 9.88 Å². The first-order valence-corrected chi connectivity index (χ1v) is 7.02. The second kappa shape index (κ2) is 6.22. The Labute approximate surface area is 122 Å². The summed E-state index contributed by atoms with van der Waals surface area (Å²) in [5, 5.41) is 0.358. The van der Waals surface area contributed by atoms with Crippen molar-refractivity contribution in [3.63, 3.8) is 0 Å². The molecule has 0 aromatic carbocycles. The third-order valence-electron chi connectivity index (χ3n) is 3.29. The molecule has 0 aliphatic carbocycles. The fourth-order valence-electron chi connectivity index (χ4n) is 2.33. The molecule has 0 saturated carbocycles. The van der Waals surface area contributed by atoms with Gasteiger partial charge >= 0.3 is 5.97 Å². The summed E-state index contributed by atoms with van der Waals surface area (Å²) >= 11 is 6.09. The van der Waals surface area contributed by atoms with Crippen LogP contribution in [0.1, 0.15) is 35.8 Å². The van der Waals surface area contributed by atoms with Gasteiger partial charge in [0, 0.05) is 18.4 Å². The molecule has 0 bridgehead atoms. The number of amides is 1. The van der Waals surface area contributed by atoms with Crippen molar-refractivity contribution in [3.8, 4) is 0 Å². The highest BCUT2D eigenvalue weighted by Crippen LogP contribution is 2.24. The molecule has 2 heterocycles. The first-order chi connectivity index (χ1) is 9.54. The molecule has 1 fully saturated rings. The third kappa shape index (κ3) is 2.93. The number of halogens is 1. The molecule has 0 N–H and O–H groups in total. The zero-order chi connectivity index (χ0) is 14.7. The molecule has 0 spiro atoms. The Morgan fingerprint density at radius 2 is 2.30 bits per heavy atom. The van der Waals surface area contributed by atoms with Crippen LogP contribution in [0.5, 0.6) is 0 Å². The number of carbonyl (C=O) groups is 2. The Morgan fingerprint density at radius 1 is 1.55 bits per heavy atom. The average Bonchev–Trinajstić information content (AvgIpc) is 2.87.